The van der Waals surface area contributed by atoms with Crippen LogP contribution in [0.2, 0.25) is 0 Å². The smallest absolute Gasteiger partial charge is 0.0369 e. The number of rotatable bonds is 2. The van der Waals surface area contributed by atoms with Crippen LogP contribution in [0.15, 0.2) is 18.2 Å². The average molecular weight is 246 g/mol. The minimum Gasteiger partial charge on any atom is -0.370 e. The van der Waals surface area contributed by atoms with Crippen molar-refractivity contribution in [2.45, 2.75) is 46.1 Å². The predicted molar refractivity (Wildman–Crippen MR) is 79.4 cm³/mol. The van der Waals surface area contributed by atoms with Gasteiger partial charge in [-0.25, -0.2) is 0 Å². The molecule has 18 heavy (non-hydrogen) atoms. The molecule has 0 aliphatic carbocycles. The fourth-order valence-electron chi connectivity index (χ4n) is 2.60. The van der Waals surface area contributed by atoms with Crippen molar-refractivity contribution in [1.29, 1.82) is 0 Å². The van der Waals surface area contributed by atoms with Crippen LogP contribution in [0, 0.1) is 13.8 Å². The standard InChI is InChI=1S/C16H26N2/c1-5-16(4)12-18(10-6-9-17-16)15-8-7-13(2)14(3)11-15/h7-8,11,17H,5-6,9-10,12H2,1-4H3. The predicted octanol–water partition coefficient (Wildman–Crippen LogP) is 3.27. The molecule has 1 aliphatic rings. The summed E-state index contributed by atoms with van der Waals surface area (Å²) in [5.74, 6) is 0. The fourth-order valence-corrected chi connectivity index (χ4v) is 2.60. The van der Waals surface area contributed by atoms with Gasteiger partial charge in [-0.3, -0.25) is 0 Å². The zero-order valence-electron chi connectivity index (χ0n) is 12.2. The first-order valence-electron chi connectivity index (χ1n) is 7.11. The van der Waals surface area contributed by atoms with Gasteiger partial charge in [0, 0.05) is 24.3 Å². The molecule has 1 aromatic rings. The molecule has 0 saturated carbocycles. The number of nitrogens with one attached hydrogen (secondary N) is 1. The van der Waals surface area contributed by atoms with Crippen molar-refractivity contribution in [2.24, 2.45) is 0 Å². The van der Waals surface area contributed by atoms with E-state index in [4.69, 9.17) is 0 Å². The molecule has 0 amide bonds. The molecule has 0 bridgehead atoms. The van der Waals surface area contributed by atoms with E-state index in [2.05, 4.69) is 56.1 Å². The maximum Gasteiger partial charge on any atom is 0.0369 e. The van der Waals surface area contributed by atoms with Gasteiger partial charge in [-0.2, -0.15) is 0 Å². The lowest BCUT2D eigenvalue weighted by molar-refractivity contribution is 0.366. The second kappa shape index (κ2) is 5.31. The van der Waals surface area contributed by atoms with E-state index in [0.29, 0.717) is 0 Å². The molecule has 100 valence electrons. The summed E-state index contributed by atoms with van der Waals surface area (Å²) in [6.45, 7) is 12.4. The van der Waals surface area contributed by atoms with Crippen molar-refractivity contribution in [2.75, 3.05) is 24.5 Å². The van der Waals surface area contributed by atoms with Gasteiger partial charge in [-0.1, -0.05) is 13.0 Å². The van der Waals surface area contributed by atoms with Gasteiger partial charge in [0.15, 0.2) is 0 Å². The topological polar surface area (TPSA) is 15.3 Å². The van der Waals surface area contributed by atoms with E-state index in [1.165, 1.54) is 29.7 Å². The molecule has 1 atom stereocenters. The van der Waals surface area contributed by atoms with Gasteiger partial charge >= 0.3 is 0 Å². The van der Waals surface area contributed by atoms with Crippen LogP contribution < -0.4 is 10.2 Å². The van der Waals surface area contributed by atoms with Crippen LogP contribution in [0.5, 0.6) is 0 Å². The Kier molecular flexibility index (Phi) is 3.96. The highest BCUT2D eigenvalue weighted by molar-refractivity contribution is 5.51. The Balaban J connectivity index is 2.22. The van der Waals surface area contributed by atoms with Crippen molar-refractivity contribution in [3.8, 4) is 0 Å². The second-order valence-electron chi connectivity index (χ2n) is 5.88. The third kappa shape index (κ3) is 2.86. The molecular weight excluding hydrogens is 220 g/mol. The molecule has 2 nitrogen and oxygen atoms in total. The fraction of sp³-hybridized carbons (Fsp3) is 0.625. The van der Waals surface area contributed by atoms with Gasteiger partial charge < -0.3 is 10.2 Å². The first-order valence-corrected chi connectivity index (χ1v) is 7.11. The van der Waals surface area contributed by atoms with Crippen LogP contribution in [-0.4, -0.2) is 25.2 Å². The average Bonchev–Trinajstić information content (AvgIpc) is 2.56. The van der Waals surface area contributed by atoms with Crippen LogP contribution in [-0.2, 0) is 0 Å². The van der Waals surface area contributed by atoms with E-state index in [1.807, 2.05) is 0 Å². The van der Waals surface area contributed by atoms with Crippen molar-refractivity contribution < 1.29 is 0 Å². The van der Waals surface area contributed by atoms with E-state index >= 15 is 0 Å². The van der Waals surface area contributed by atoms with Crippen LogP contribution in [0.3, 0.4) is 0 Å². The first kappa shape index (κ1) is 13.4. The van der Waals surface area contributed by atoms with E-state index in [-0.39, 0.29) is 5.54 Å². The molecule has 1 saturated heterocycles. The highest BCUT2D eigenvalue weighted by Gasteiger charge is 2.27. The number of hydrogen-bond donors (Lipinski definition) is 1. The Morgan fingerprint density at radius 3 is 2.72 bits per heavy atom. The number of hydrogen-bond acceptors (Lipinski definition) is 2. The van der Waals surface area contributed by atoms with Crippen LogP contribution in [0.4, 0.5) is 5.69 Å². The molecule has 2 heteroatoms. The minimum atomic E-state index is 0.245. The third-order valence-corrected chi connectivity index (χ3v) is 4.33. The Bertz CT molecular complexity index is 414. The van der Waals surface area contributed by atoms with E-state index < -0.39 is 0 Å². The van der Waals surface area contributed by atoms with Gasteiger partial charge in [0.1, 0.15) is 0 Å². The third-order valence-electron chi connectivity index (χ3n) is 4.33. The van der Waals surface area contributed by atoms with E-state index in [1.54, 1.807) is 0 Å². The minimum absolute atomic E-state index is 0.245. The van der Waals surface area contributed by atoms with Crippen molar-refractivity contribution in [3.63, 3.8) is 0 Å². The second-order valence-corrected chi connectivity index (χ2v) is 5.88. The highest BCUT2D eigenvalue weighted by atomic mass is 15.2. The summed E-state index contributed by atoms with van der Waals surface area (Å²) >= 11 is 0. The zero-order valence-corrected chi connectivity index (χ0v) is 12.2. The normalized spacial score (nSPS) is 25.0. The monoisotopic (exact) mass is 246 g/mol. The first-order chi connectivity index (χ1) is 8.54. The van der Waals surface area contributed by atoms with Crippen molar-refractivity contribution in [1.82, 2.24) is 5.32 Å². The zero-order chi connectivity index (χ0) is 13.2. The lowest BCUT2D eigenvalue weighted by Gasteiger charge is -2.34. The Morgan fingerprint density at radius 2 is 2.06 bits per heavy atom. The number of anilines is 1. The number of nitrogens with zero attached hydrogens (tertiary/aromatic N) is 1. The summed E-state index contributed by atoms with van der Waals surface area (Å²) in [7, 11) is 0. The summed E-state index contributed by atoms with van der Waals surface area (Å²) < 4.78 is 0. The molecule has 1 heterocycles. The largest absolute Gasteiger partial charge is 0.370 e. The number of benzene rings is 1. The molecule has 1 unspecified atom stereocenters. The lowest BCUT2D eigenvalue weighted by atomic mass is 9.98. The molecule has 1 aromatic carbocycles. The molecule has 0 aromatic heterocycles. The van der Waals surface area contributed by atoms with Gasteiger partial charge in [-0.05, 0) is 63.4 Å². The quantitative estimate of drug-likeness (QED) is 0.861. The van der Waals surface area contributed by atoms with Gasteiger partial charge in [0.25, 0.3) is 0 Å². The summed E-state index contributed by atoms with van der Waals surface area (Å²) in [4.78, 5) is 2.54. The van der Waals surface area contributed by atoms with Gasteiger partial charge in [-0.15, -0.1) is 0 Å². The molecular formula is C16H26N2. The molecule has 1 fully saturated rings. The van der Waals surface area contributed by atoms with Crippen LogP contribution in [0.1, 0.15) is 37.8 Å². The SMILES string of the molecule is CCC1(C)CN(c2ccc(C)c(C)c2)CCCN1. The Hall–Kier alpha value is -1.02. The molecule has 1 aliphatic heterocycles. The Morgan fingerprint density at radius 1 is 1.28 bits per heavy atom. The summed E-state index contributed by atoms with van der Waals surface area (Å²) in [5, 5.41) is 3.69. The van der Waals surface area contributed by atoms with Crippen molar-refractivity contribution >= 4 is 5.69 Å². The maximum atomic E-state index is 3.69. The lowest BCUT2D eigenvalue weighted by Crippen LogP contribution is -2.48. The van der Waals surface area contributed by atoms with Gasteiger partial charge in [0.2, 0.25) is 0 Å². The number of aryl methyl sites for hydroxylation is 2. The van der Waals surface area contributed by atoms with Crippen LogP contribution >= 0.6 is 0 Å². The van der Waals surface area contributed by atoms with Crippen LogP contribution in [0.25, 0.3) is 0 Å². The summed E-state index contributed by atoms with van der Waals surface area (Å²) in [6, 6.07) is 6.84. The van der Waals surface area contributed by atoms with Gasteiger partial charge in [0.05, 0.1) is 0 Å². The molecule has 0 radical (unpaired) electrons. The maximum absolute atomic E-state index is 3.69. The van der Waals surface area contributed by atoms with E-state index in [0.717, 1.165) is 19.6 Å². The Labute approximate surface area is 111 Å². The molecule has 0 spiro atoms. The van der Waals surface area contributed by atoms with E-state index in [9.17, 15) is 0 Å². The van der Waals surface area contributed by atoms with Crippen molar-refractivity contribution in [3.05, 3.63) is 29.3 Å². The summed E-state index contributed by atoms with van der Waals surface area (Å²) in [6.07, 6.45) is 2.40. The summed E-state index contributed by atoms with van der Waals surface area (Å²) in [5.41, 5.74) is 4.39. The molecule has 1 N–H and O–H groups in total. The highest BCUT2D eigenvalue weighted by Crippen LogP contribution is 2.23. The molecule has 2 rings (SSSR count).